The highest BCUT2D eigenvalue weighted by Crippen LogP contribution is 2.37. The number of benzene rings is 2. The van der Waals surface area contributed by atoms with Crippen LogP contribution >= 0.6 is 46.6 Å². The van der Waals surface area contributed by atoms with Gasteiger partial charge in [-0.15, -0.1) is 0 Å². The molecule has 4 nitrogen and oxygen atoms in total. The molecule has 2 aromatic carbocycles. The van der Waals surface area contributed by atoms with Gasteiger partial charge in [-0.3, -0.25) is 4.79 Å². The lowest BCUT2D eigenvalue weighted by Gasteiger charge is -2.24. The van der Waals surface area contributed by atoms with Crippen LogP contribution in [0.4, 0.5) is 0 Å². The van der Waals surface area contributed by atoms with Gasteiger partial charge in [-0.05, 0) is 36.4 Å². The van der Waals surface area contributed by atoms with Crippen molar-refractivity contribution in [3.63, 3.8) is 0 Å². The summed E-state index contributed by atoms with van der Waals surface area (Å²) in [6, 6.07) is 8.82. The number of rotatable bonds is 2. The van der Waals surface area contributed by atoms with E-state index in [0.29, 0.717) is 14.9 Å². The lowest BCUT2D eigenvalue weighted by atomic mass is 10.1. The van der Waals surface area contributed by atoms with Gasteiger partial charge in [0.1, 0.15) is 5.37 Å². The van der Waals surface area contributed by atoms with E-state index in [1.807, 2.05) is 0 Å². The van der Waals surface area contributed by atoms with Gasteiger partial charge < -0.3 is 0 Å². The molecule has 120 valence electrons. The van der Waals surface area contributed by atoms with Crippen LogP contribution in [0.1, 0.15) is 10.4 Å². The summed E-state index contributed by atoms with van der Waals surface area (Å²) >= 11 is 18.7. The molecule has 1 aliphatic rings. The molecule has 0 saturated carbocycles. The fraction of sp³-hybridized carbons (Fsp3) is 0.0714. The third kappa shape index (κ3) is 3.38. The number of sulfonamides is 1. The summed E-state index contributed by atoms with van der Waals surface area (Å²) in [5.74, 6) is -0.414. The average Bonchev–Trinajstić information content (AvgIpc) is 2.48. The first-order valence-electron chi connectivity index (χ1n) is 6.26. The zero-order valence-electron chi connectivity index (χ0n) is 11.2. The molecule has 0 amide bonds. The Balaban J connectivity index is 1.99. The molecule has 1 aliphatic heterocycles. The second kappa shape index (κ2) is 6.27. The van der Waals surface area contributed by atoms with Crippen LogP contribution in [0.2, 0.25) is 15.1 Å². The SMILES string of the molecule is O=C(c1ccc(Cl)c(Cl)c1)C1NS(=O)(=O)c2ccc(Cl)cc2S1. The van der Waals surface area contributed by atoms with Gasteiger partial charge in [-0.1, -0.05) is 46.6 Å². The Morgan fingerprint density at radius 2 is 1.78 bits per heavy atom. The van der Waals surface area contributed by atoms with Crippen molar-refractivity contribution >= 4 is 62.4 Å². The number of carbonyl (C=O) groups is 1. The highest BCUT2D eigenvalue weighted by atomic mass is 35.5. The number of hydrogen-bond donors (Lipinski definition) is 1. The number of hydrogen-bond acceptors (Lipinski definition) is 4. The molecule has 0 aliphatic carbocycles. The van der Waals surface area contributed by atoms with Gasteiger partial charge in [0.15, 0.2) is 5.78 Å². The minimum Gasteiger partial charge on any atom is -0.291 e. The van der Waals surface area contributed by atoms with Crippen molar-refractivity contribution in [1.82, 2.24) is 4.72 Å². The van der Waals surface area contributed by atoms with Crippen molar-refractivity contribution in [2.24, 2.45) is 0 Å². The van der Waals surface area contributed by atoms with E-state index in [1.165, 1.54) is 36.4 Å². The number of fused-ring (bicyclic) bond motifs is 1. The molecule has 1 N–H and O–H groups in total. The lowest BCUT2D eigenvalue weighted by molar-refractivity contribution is 0.0985. The quantitative estimate of drug-likeness (QED) is 0.755. The third-order valence-corrected chi connectivity index (χ3v) is 7.04. The minimum absolute atomic E-state index is 0.102. The Hall–Kier alpha value is -0.760. The number of nitrogens with one attached hydrogen (secondary N) is 1. The molecule has 23 heavy (non-hydrogen) atoms. The standard InChI is InChI=1S/C14H8Cl3NO3S2/c15-8-2-4-12-11(6-8)22-14(18-23(12,20)21)13(19)7-1-3-9(16)10(17)5-7/h1-6,14,18H. The summed E-state index contributed by atoms with van der Waals surface area (Å²) in [5.41, 5.74) is 0.269. The largest absolute Gasteiger partial charge is 0.291 e. The zero-order chi connectivity index (χ0) is 16.8. The van der Waals surface area contributed by atoms with Gasteiger partial charge in [-0.25, -0.2) is 8.42 Å². The molecule has 0 bridgehead atoms. The summed E-state index contributed by atoms with van der Waals surface area (Å²) in [6.45, 7) is 0. The molecule has 0 saturated heterocycles. The molecule has 3 rings (SSSR count). The van der Waals surface area contributed by atoms with E-state index in [0.717, 1.165) is 11.8 Å². The van der Waals surface area contributed by atoms with E-state index in [-0.39, 0.29) is 15.5 Å². The van der Waals surface area contributed by atoms with E-state index in [2.05, 4.69) is 4.72 Å². The minimum atomic E-state index is -3.79. The van der Waals surface area contributed by atoms with Gasteiger partial charge >= 0.3 is 0 Å². The number of ketones is 1. The number of carbonyl (C=O) groups excluding carboxylic acids is 1. The second-order valence-electron chi connectivity index (χ2n) is 4.70. The maximum absolute atomic E-state index is 12.6. The van der Waals surface area contributed by atoms with E-state index in [9.17, 15) is 13.2 Å². The average molecular weight is 409 g/mol. The summed E-state index contributed by atoms with van der Waals surface area (Å²) in [5, 5.41) is -0.0563. The van der Waals surface area contributed by atoms with E-state index in [4.69, 9.17) is 34.8 Å². The molecule has 2 aromatic rings. The van der Waals surface area contributed by atoms with Gasteiger partial charge in [0.05, 0.1) is 14.9 Å². The molecule has 0 fully saturated rings. The van der Waals surface area contributed by atoms with Crippen LogP contribution in [0.5, 0.6) is 0 Å². The first-order valence-corrected chi connectivity index (χ1v) is 9.75. The van der Waals surface area contributed by atoms with Crippen molar-refractivity contribution in [3.05, 3.63) is 57.0 Å². The van der Waals surface area contributed by atoms with Crippen molar-refractivity contribution in [2.75, 3.05) is 0 Å². The van der Waals surface area contributed by atoms with Crippen molar-refractivity contribution in [1.29, 1.82) is 0 Å². The number of Topliss-reactive ketones (excluding diaryl/α,β-unsaturated/α-hetero) is 1. The predicted octanol–water partition coefficient (Wildman–Crippen LogP) is 4.24. The van der Waals surface area contributed by atoms with E-state index >= 15 is 0 Å². The molecule has 1 unspecified atom stereocenters. The molecule has 9 heteroatoms. The van der Waals surface area contributed by atoms with Crippen molar-refractivity contribution < 1.29 is 13.2 Å². The van der Waals surface area contributed by atoms with Crippen LogP contribution < -0.4 is 4.72 Å². The summed E-state index contributed by atoms with van der Waals surface area (Å²) < 4.78 is 26.9. The Kier molecular flexibility index (Phi) is 4.66. The molecule has 0 spiro atoms. The summed E-state index contributed by atoms with van der Waals surface area (Å²) in [7, 11) is -3.79. The van der Waals surface area contributed by atoms with Crippen molar-refractivity contribution in [3.8, 4) is 0 Å². The molecule has 0 radical (unpaired) electrons. The van der Waals surface area contributed by atoms with Crippen LogP contribution in [-0.2, 0) is 10.0 Å². The van der Waals surface area contributed by atoms with Gasteiger partial charge in [0, 0.05) is 15.5 Å². The Labute approximate surface area is 152 Å². The van der Waals surface area contributed by atoms with Crippen LogP contribution in [0.3, 0.4) is 0 Å². The lowest BCUT2D eigenvalue weighted by Crippen LogP contribution is -2.41. The summed E-state index contributed by atoms with van der Waals surface area (Å²) in [6.07, 6.45) is 0. The van der Waals surface area contributed by atoms with Gasteiger partial charge in [-0.2, -0.15) is 4.72 Å². The highest BCUT2D eigenvalue weighted by Gasteiger charge is 2.34. The number of thioether (sulfide) groups is 1. The topological polar surface area (TPSA) is 63.2 Å². The van der Waals surface area contributed by atoms with Crippen LogP contribution in [-0.4, -0.2) is 19.6 Å². The fourth-order valence-electron chi connectivity index (χ4n) is 2.06. The van der Waals surface area contributed by atoms with E-state index < -0.39 is 21.2 Å². The summed E-state index contributed by atoms with van der Waals surface area (Å²) in [4.78, 5) is 13.1. The normalized spacial score (nSPS) is 19.2. The van der Waals surface area contributed by atoms with Crippen LogP contribution in [0, 0.1) is 0 Å². The van der Waals surface area contributed by atoms with Crippen molar-refractivity contribution in [2.45, 2.75) is 15.2 Å². The number of halogens is 3. The van der Waals surface area contributed by atoms with Crippen LogP contribution in [0.25, 0.3) is 0 Å². The maximum Gasteiger partial charge on any atom is 0.243 e. The Morgan fingerprint density at radius 3 is 2.48 bits per heavy atom. The Bertz CT molecular complexity index is 915. The monoisotopic (exact) mass is 407 g/mol. The third-order valence-electron chi connectivity index (χ3n) is 3.14. The molecular weight excluding hydrogens is 401 g/mol. The van der Waals surface area contributed by atoms with Gasteiger partial charge in [0.25, 0.3) is 0 Å². The van der Waals surface area contributed by atoms with E-state index in [1.54, 1.807) is 0 Å². The fourth-order valence-corrected chi connectivity index (χ4v) is 5.60. The zero-order valence-corrected chi connectivity index (χ0v) is 15.1. The first-order chi connectivity index (χ1) is 10.8. The molecule has 1 heterocycles. The smallest absolute Gasteiger partial charge is 0.243 e. The highest BCUT2D eigenvalue weighted by molar-refractivity contribution is 8.03. The Morgan fingerprint density at radius 1 is 1.04 bits per heavy atom. The molecule has 1 atom stereocenters. The molecule has 0 aromatic heterocycles. The second-order valence-corrected chi connectivity index (χ2v) is 8.78. The van der Waals surface area contributed by atoms with Crippen LogP contribution in [0.15, 0.2) is 46.2 Å². The first kappa shape index (κ1) is 17.1. The predicted molar refractivity (Wildman–Crippen MR) is 92.2 cm³/mol. The molecular formula is C14H8Cl3NO3S2. The van der Waals surface area contributed by atoms with Gasteiger partial charge in [0.2, 0.25) is 10.0 Å². The maximum atomic E-state index is 12.6.